The summed E-state index contributed by atoms with van der Waals surface area (Å²) in [5.74, 6) is 0.547. The largest absolute Gasteiger partial charge is 0.432 e. The van der Waals surface area contributed by atoms with Gasteiger partial charge in [-0.2, -0.15) is 0 Å². The van der Waals surface area contributed by atoms with Gasteiger partial charge in [-0.3, -0.25) is 0 Å². The van der Waals surface area contributed by atoms with Gasteiger partial charge in [0.2, 0.25) is 0 Å². The van der Waals surface area contributed by atoms with Gasteiger partial charge in [0.15, 0.2) is 0 Å². The Hall–Kier alpha value is -1.88. The van der Waals surface area contributed by atoms with Crippen LogP contribution in [0.3, 0.4) is 0 Å². The van der Waals surface area contributed by atoms with Gasteiger partial charge in [-0.25, -0.2) is 4.79 Å². The van der Waals surface area contributed by atoms with E-state index in [0.717, 1.165) is 5.39 Å². The number of fused-ring (bicyclic) bond motifs is 1. The minimum absolute atomic E-state index is 0.350. The number of ether oxygens (including phenoxy) is 1. The van der Waals surface area contributed by atoms with Crippen LogP contribution in [0.15, 0.2) is 39.5 Å². The maximum absolute atomic E-state index is 11.1. The molecule has 0 unspecified atom stereocenters. The first-order valence-corrected chi connectivity index (χ1v) is 5.40. The van der Waals surface area contributed by atoms with Crippen molar-refractivity contribution in [2.75, 3.05) is 14.1 Å². The van der Waals surface area contributed by atoms with Crippen LogP contribution in [0.1, 0.15) is 0 Å². The molecule has 0 bridgehead atoms. The van der Waals surface area contributed by atoms with E-state index in [1.807, 2.05) is 6.07 Å². The van der Waals surface area contributed by atoms with E-state index in [2.05, 4.69) is 0 Å². The molecule has 17 heavy (non-hydrogen) atoms. The van der Waals surface area contributed by atoms with Crippen molar-refractivity contribution in [2.45, 2.75) is 0 Å². The third-order valence-electron chi connectivity index (χ3n) is 2.16. The summed E-state index contributed by atoms with van der Waals surface area (Å²) in [6.45, 7) is 0. The quantitative estimate of drug-likeness (QED) is 0.571. The SMILES string of the molecule is CN(C)C(=S)Oc1ccc2ccc(=O)oc2c1. The Morgan fingerprint density at radius 1 is 1.29 bits per heavy atom. The van der Waals surface area contributed by atoms with E-state index in [9.17, 15) is 4.79 Å². The molecule has 0 amide bonds. The lowest BCUT2D eigenvalue weighted by atomic mass is 10.2. The van der Waals surface area contributed by atoms with Gasteiger partial charge in [0.25, 0.3) is 5.17 Å². The molecule has 1 aromatic carbocycles. The number of hydrogen-bond acceptors (Lipinski definition) is 4. The van der Waals surface area contributed by atoms with Gasteiger partial charge in [-0.15, -0.1) is 0 Å². The summed E-state index contributed by atoms with van der Waals surface area (Å²) >= 11 is 5.02. The minimum Gasteiger partial charge on any atom is -0.432 e. The highest BCUT2D eigenvalue weighted by molar-refractivity contribution is 7.80. The third-order valence-corrected chi connectivity index (χ3v) is 2.61. The minimum atomic E-state index is -0.384. The summed E-state index contributed by atoms with van der Waals surface area (Å²) in [4.78, 5) is 12.8. The Labute approximate surface area is 103 Å². The fraction of sp³-hybridized carbons (Fsp3) is 0.167. The Bertz CT molecular complexity index is 618. The predicted molar refractivity (Wildman–Crippen MR) is 69.4 cm³/mol. The third kappa shape index (κ3) is 2.62. The van der Waals surface area contributed by atoms with Crippen LogP contribution in [-0.2, 0) is 0 Å². The van der Waals surface area contributed by atoms with Crippen molar-refractivity contribution in [3.05, 3.63) is 40.8 Å². The fourth-order valence-electron chi connectivity index (χ4n) is 1.30. The standard InChI is InChI=1S/C12H11NO3S/c1-13(2)12(17)15-9-5-3-8-4-6-11(14)16-10(8)7-9/h3-7H,1-2H3. The summed E-state index contributed by atoms with van der Waals surface area (Å²) in [5.41, 5.74) is 0.0985. The molecule has 0 spiro atoms. The average molecular weight is 249 g/mol. The lowest BCUT2D eigenvalue weighted by Gasteiger charge is -2.13. The zero-order valence-corrected chi connectivity index (χ0v) is 10.3. The van der Waals surface area contributed by atoms with E-state index in [1.165, 1.54) is 6.07 Å². The van der Waals surface area contributed by atoms with Crippen LogP contribution in [-0.4, -0.2) is 24.2 Å². The lowest BCUT2D eigenvalue weighted by molar-refractivity contribution is 0.448. The molecule has 0 aliphatic rings. The first kappa shape index (κ1) is 11.6. The van der Waals surface area contributed by atoms with Crippen LogP contribution < -0.4 is 10.4 Å². The second kappa shape index (κ2) is 4.55. The van der Waals surface area contributed by atoms with Gasteiger partial charge in [-0.05, 0) is 30.4 Å². The molecular formula is C12H11NO3S. The number of rotatable bonds is 1. The molecule has 0 radical (unpaired) electrons. The molecule has 1 aromatic heterocycles. The van der Waals surface area contributed by atoms with Crippen molar-refractivity contribution >= 4 is 28.4 Å². The molecule has 1 heterocycles. The lowest BCUT2D eigenvalue weighted by Crippen LogP contribution is -2.24. The van der Waals surface area contributed by atoms with Gasteiger partial charge in [0.1, 0.15) is 11.3 Å². The van der Waals surface area contributed by atoms with E-state index in [4.69, 9.17) is 21.4 Å². The molecule has 5 heteroatoms. The van der Waals surface area contributed by atoms with Gasteiger partial charge in [0.05, 0.1) is 0 Å². The maximum atomic E-state index is 11.1. The van der Waals surface area contributed by atoms with Crippen LogP contribution >= 0.6 is 12.2 Å². The van der Waals surface area contributed by atoms with Gasteiger partial charge >= 0.3 is 5.63 Å². The van der Waals surface area contributed by atoms with Crippen molar-refractivity contribution in [1.29, 1.82) is 0 Å². The number of benzene rings is 1. The normalized spacial score (nSPS) is 10.2. The van der Waals surface area contributed by atoms with Crippen LogP contribution in [0.5, 0.6) is 5.75 Å². The molecule has 88 valence electrons. The summed E-state index contributed by atoms with van der Waals surface area (Å²) in [6, 6.07) is 8.32. The smallest absolute Gasteiger partial charge is 0.336 e. The Balaban J connectivity index is 2.37. The molecule has 0 fully saturated rings. The van der Waals surface area contributed by atoms with Crippen molar-refractivity contribution in [3.63, 3.8) is 0 Å². The Morgan fingerprint density at radius 2 is 2.00 bits per heavy atom. The van der Waals surface area contributed by atoms with E-state index in [0.29, 0.717) is 16.5 Å². The number of thiocarbonyl (C=S) groups is 1. The van der Waals surface area contributed by atoms with E-state index in [-0.39, 0.29) is 5.63 Å². The van der Waals surface area contributed by atoms with Crippen LogP contribution in [0.4, 0.5) is 0 Å². The fourth-order valence-corrected chi connectivity index (χ4v) is 1.39. The highest BCUT2D eigenvalue weighted by Gasteiger charge is 2.04. The number of hydrogen-bond donors (Lipinski definition) is 0. The van der Waals surface area contributed by atoms with Crippen molar-refractivity contribution < 1.29 is 9.15 Å². The molecule has 4 nitrogen and oxygen atoms in total. The Kier molecular flexibility index (Phi) is 3.10. The van der Waals surface area contributed by atoms with Crippen LogP contribution in [0.25, 0.3) is 11.0 Å². The topological polar surface area (TPSA) is 42.7 Å². The van der Waals surface area contributed by atoms with Gasteiger partial charge in [0, 0.05) is 31.6 Å². The van der Waals surface area contributed by atoms with E-state index in [1.54, 1.807) is 37.2 Å². The van der Waals surface area contributed by atoms with Crippen molar-refractivity contribution in [2.24, 2.45) is 0 Å². The summed E-state index contributed by atoms with van der Waals surface area (Å²) in [5, 5.41) is 1.19. The Morgan fingerprint density at radius 3 is 2.71 bits per heavy atom. The molecule has 0 N–H and O–H groups in total. The monoisotopic (exact) mass is 249 g/mol. The zero-order valence-electron chi connectivity index (χ0n) is 9.47. The van der Waals surface area contributed by atoms with Crippen LogP contribution in [0, 0.1) is 0 Å². The van der Waals surface area contributed by atoms with Gasteiger partial charge in [-0.1, -0.05) is 0 Å². The molecule has 0 aliphatic heterocycles. The summed E-state index contributed by atoms with van der Waals surface area (Å²) in [7, 11) is 3.59. The average Bonchev–Trinajstić information content (AvgIpc) is 2.28. The highest BCUT2D eigenvalue weighted by Crippen LogP contribution is 2.19. The molecule has 0 aliphatic carbocycles. The zero-order chi connectivity index (χ0) is 12.4. The molecular weight excluding hydrogens is 238 g/mol. The number of nitrogens with zero attached hydrogens (tertiary/aromatic N) is 1. The molecule has 2 rings (SSSR count). The van der Waals surface area contributed by atoms with Crippen LogP contribution in [0.2, 0.25) is 0 Å². The van der Waals surface area contributed by atoms with E-state index < -0.39 is 0 Å². The molecule has 0 saturated heterocycles. The van der Waals surface area contributed by atoms with E-state index >= 15 is 0 Å². The predicted octanol–water partition coefficient (Wildman–Crippen LogP) is 2.02. The second-order valence-electron chi connectivity index (χ2n) is 3.72. The molecule has 2 aromatic rings. The second-order valence-corrected chi connectivity index (χ2v) is 4.07. The van der Waals surface area contributed by atoms with Gasteiger partial charge < -0.3 is 14.1 Å². The molecule has 0 saturated carbocycles. The van der Waals surface area contributed by atoms with Crippen molar-refractivity contribution in [1.82, 2.24) is 4.90 Å². The first-order valence-electron chi connectivity index (χ1n) is 4.99. The first-order chi connectivity index (χ1) is 8.06. The van der Waals surface area contributed by atoms with Crippen molar-refractivity contribution in [3.8, 4) is 5.75 Å². The molecule has 0 atom stereocenters. The highest BCUT2D eigenvalue weighted by atomic mass is 32.1. The summed E-state index contributed by atoms with van der Waals surface area (Å²) < 4.78 is 10.5. The maximum Gasteiger partial charge on any atom is 0.336 e. The summed E-state index contributed by atoms with van der Waals surface area (Å²) in [6.07, 6.45) is 0.